The molecule has 1 heterocycles. The van der Waals surface area contributed by atoms with E-state index in [-0.39, 0.29) is 24.7 Å². The maximum absolute atomic E-state index is 13.9. The number of hydrogen-bond acceptors (Lipinski definition) is 6. The van der Waals surface area contributed by atoms with Crippen molar-refractivity contribution in [2.24, 2.45) is 0 Å². The van der Waals surface area contributed by atoms with Gasteiger partial charge in [0.25, 0.3) is 5.69 Å². The number of benzene rings is 3. The summed E-state index contributed by atoms with van der Waals surface area (Å²) in [5.41, 5.74) is 1.24. The molecule has 0 N–H and O–H groups in total. The van der Waals surface area contributed by atoms with Gasteiger partial charge < -0.3 is 14.2 Å². The van der Waals surface area contributed by atoms with E-state index in [1.54, 1.807) is 42.1 Å². The fourth-order valence-corrected chi connectivity index (χ4v) is 3.21. The number of nitrogens with zero attached hydrogens (tertiary/aromatic N) is 3. The Morgan fingerprint density at radius 2 is 1.78 bits per heavy atom. The van der Waals surface area contributed by atoms with Crippen LogP contribution >= 0.6 is 0 Å². The third-order valence-corrected chi connectivity index (χ3v) is 4.87. The van der Waals surface area contributed by atoms with Crippen LogP contribution in [0.2, 0.25) is 0 Å². The first-order chi connectivity index (χ1) is 15.5. The minimum atomic E-state index is -0.462. The molecule has 0 radical (unpaired) electrons. The van der Waals surface area contributed by atoms with Crippen LogP contribution in [0.15, 0.2) is 66.7 Å². The number of nitro groups is 1. The second-order valence-corrected chi connectivity index (χ2v) is 6.89. The second kappa shape index (κ2) is 9.34. The zero-order chi connectivity index (χ0) is 22.5. The molecule has 0 aliphatic carbocycles. The Hall–Kier alpha value is -4.14. The Kier molecular flexibility index (Phi) is 6.16. The lowest BCUT2D eigenvalue weighted by Crippen LogP contribution is -2.09. The molecule has 0 spiro atoms. The van der Waals surface area contributed by atoms with Crippen LogP contribution in [0.5, 0.6) is 17.4 Å². The fourth-order valence-electron chi connectivity index (χ4n) is 3.21. The monoisotopic (exact) mass is 437 g/mol. The van der Waals surface area contributed by atoms with Crippen molar-refractivity contribution in [3.63, 3.8) is 0 Å². The molecule has 4 aromatic rings. The van der Waals surface area contributed by atoms with Crippen LogP contribution in [-0.4, -0.2) is 28.4 Å². The molecular formula is C23H20FN3O5. The Balaban J connectivity index is 1.50. The SMILES string of the molecule is COc1ccc2c(c1)c(OCc1ccccc1F)nn2CCOc1ccc([N+](=O)[O-])cc1. The lowest BCUT2D eigenvalue weighted by molar-refractivity contribution is -0.384. The van der Waals surface area contributed by atoms with Crippen LogP contribution in [0, 0.1) is 15.9 Å². The van der Waals surface area contributed by atoms with E-state index >= 15 is 0 Å². The summed E-state index contributed by atoms with van der Waals surface area (Å²) in [5, 5.41) is 16.0. The van der Waals surface area contributed by atoms with Gasteiger partial charge in [0.1, 0.15) is 30.5 Å². The molecule has 32 heavy (non-hydrogen) atoms. The van der Waals surface area contributed by atoms with Gasteiger partial charge in [-0.15, -0.1) is 5.10 Å². The van der Waals surface area contributed by atoms with Gasteiger partial charge in [-0.1, -0.05) is 18.2 Å². The first kappa shape index (κ1) is 21.1. The number of non-ortho nitro benzene ring substituents is 1. The molecule has 0 saturated carbocycles. The van der Waals surface area contributed by atoms with E-state index < -0.39 is 4.92 Å². The highest BCUT2D eigenvalue weighted by Gasteiger charge is 2.14. The molecule has 3 aromatic carbocycles. The lowest BCUT2D eigenvalue weighted by Gasteiger charge is -2.07. The van der Waals surface area contributed by atoms with Gasteiger partial charge >= 0.3 is 0 Å². The summed E-state index contributed by atoms with van der Waals surface area (Å²) >= 11 is 0. The Labute approximate surface area is 182 Å². The topological polar surface area (TPSA) is 88.7 Å². The summed E-state index contributed by atoms with van der Waals surface area (Å²) in [6, 6.07) is 17.8. The molecular weight excluding hydrogens is 417 g/mol. The van der Waals surface area contributed by atoms with Crippen molar-refractivity contribution in [2.45, 2.75) is 13.2 Å². The van der Waals surface area contributed by atoms with E-state index in [0.717, 1.165) is 10.9 Å². The highest BCUT2D eigenvalue weighted by atomic mass is 19.1. The number of fused-ring (bicyclic) bond motifs is 1. The number of methoxy groups -OCH3 is 1. The van der Waals surface area contributed by atoms with Crippen molar-refractivity contribution in [1.29, 1.82) is 0 Å². The Bertz CT molecular complexity index is 1240. The van der Waals surface area contributed by atoms with Gasteiger partial charge in [-0.3, -0.25) is 14.8 Å². The molecule has 0 atom stereocenters. The highest BCUT2D eigenvalue weighted by molar-refractivity contribution is 5.86. The Morgan fingerprint density at radius 3 is 2.50 bits per heavy atom. The molecule has 1 aromatic heterocycles. The van der Waals surface area contributed by atoms with Crippen LogP contribution in [0.4, 0.5) is 10.1 Å². The van der Waals surface area contributed by atoms with E-state index in [9.17, 15) is 14.5 Å². The van der Waals surface area contributed by atoms with E-state index in [1.165, 1.54) is 18.2 Å². The first-order valence-corrected chi connectivity index (χ1v) is 9.83. The molecule has 0 aliphatic rings. The average molecular weight is 437 g/mol. The molecule has 0 fully saturated rings. The predicted molar refractivity (Wildman–Crippen MR) is 116 cm³/mol. The summed E-state index contributed by atoms with van der Waals surface area (Å²) in [6.07, 6.45) is 0. The van der Waals surface area contributed by atoms with Crippen LogP contribution in [0.25, 0.3) is 10.9 Å². The van der Waals surface area contributed by atoms with Crippen molar-refractivity contribution < 1.29 is 23.5 Å². The quantitative estimate of drug-likeness (QED) is 0.277. The molecule has 0 unspecified atom stereocenters. The summed E-state index contributed by atoms with van der Waals surface area (Å²) < 4.78 is 32.5. The van der Waals surface area contributed by atoms with Gasteiger partial charge in [0.05, 0.1) is 29.5 Å². The van der Waals surface area contributed by atoms with Gasteiger partial charge in [-0.05, 0) is 36.4 Å². The third kappa shape index (κ3) is 4.61. The van der Waals surface area contributed by atoms with Crippen LogP contribution in [0.3, 0.4) is 0 Å². The number of nitro benzene ring substituents is 1. The van der Waals surface area contributed by atoms with Crippen molar-refractivity contribution in [3.8, 4) is 17.4 Å². The van der Waals surface area contributed by atoms with E-state index in [4.69, 9.17) is 14.2 Å². The molecule has 9 heteroatoms. The minimum Gasteiger partial charge on any atom is -0.497 e. The fraction of sp³-hybridized carbons (Fsp3) is 0.174. The average Bonchev–Trinajstić information content (AvgIpc) is 3.15. The van der Waals surface area contributed by atoms with Crippen LogP contribution in [0.1, 0.15) is 5.56 Å². The van der Waals surface area contributed by atoms with Crippen molar-refractivity contribution in [2.75, 3.05) is 13.7 Å². The standard InChI is InChI=1S/C23H20FN3O5/c1-30-19-10-11-22-20(14-19)23(32-15-16-4-2-3-5-21(16)24)25-26(22)12-13-31-18-8-6-17(7-9-18)27(28)29/h2-11,14H,12-13,15H2,1H3. The van der Waals surface area contributed by atoms with Gasteiger partial charge in [0.15, 0.2) is 0 Å². The zero-order valence-electron chi connectivity index (χ0n) is 17.2. The zero-order valence-corrected chi connectivity index (χ0v) is 17.2. The third-order valence-electron chi connectivity index (χ3n) is 4.87. The molecule has 164 valence electrons. The summed E-state index contributed by atoms with van der Waals surface area (Å²) in [7, 11) is 1.57. The van der Waals surface area contributed by atoms with Crippen molar-refractivity contribution in [3.05, 3.63) is 88.2 Å². The van der Waals surface area contributed by atoms with Crippen molar-refractivity contribution >= 4 is 16.6 Å². The number of aromatic nitrogens is 2. The normalized spacial score (nSPS) is 10.8. The number of rotatable bonds is 9. The van der Waals surface area contributed by atoms with Crippen LogP contribution < -0.4 is 14.2 Å². The van der Waals surface area contributed by atoms with Crippen LogP contribution in [-0.2, 0) is 13.2 Å². The summed E-state index contributed by atoms with van der Waals surface area (Å²) in [5.74, 6) is 1.18. The largest absolute Gasteiger partial charge is 0.497 e. The maximum Gasteiger partial charge on any atom is 0.269 e. The highest BCUT2D eigenvalue weighted by Crippen LogP contribution is 2.29. The van der Waals surface area contributed by atoms with Gasteiger partial charge in [-0.2, -0.15) is 0 Å². The van der Waals surface area contributed by atoms with E-state index in [1.807, 2.05) is 18.2 Å². The summed E-state index contributed by atoms with van der Waals surface area (Å²) in [4.78, 5) is 10.3. The Morgan fingerprint density at radius 1 is 1.03 bits per heavy atom. The lowest BCUT2D eigenvalue weighted by atomic mass is 10.2. The summed E-state index contributed by atoms with van der Waals surface area (Å²) in [6.45, 7) is 0.728. The van der Waals surface area contributed by atoms with E-state index in [0.29, 0.717) is 29.5 Å². The minimum absolute atomic E-state index is 0.000936. The smallest absolute Gasteiger partial charge is 0.269 e. The molecule has 0 saturated heterocycles. The second-order valence-electron chi connectivity index (χ2n) is 6.89. The predicted octanol–water partition coefficient (Wildman–Crippen LogP) is 4.75. The maximum atomic E-state index is 13.9. The molecule has 0 amide bonds. The molecule has 0 aliphatic heterocycles. The molecule has 0 bridgehead atoms. The number of halogens is 1. The van der Waals surface area contributed by atoms with Crippen molar-refractivity contribution in [1.82, 2.24) is 9.78 Å². The van der Waals surface area contributed by atoms with Gasteiger partial charge in [0.2, 0.25) is 5.88 Å². The van der Waals surface area contributed by atoms with Gasteiger partial charge in [0, 0.05) is 17.7 Å². The first-order valence-electron chi connectivity index (χ1n) is 9.83. The molecule has 4 rings (SSSR count). The van der Waals surface area contributed by atoms with E-state index in [2.05, 4.69) is 5.10 Å². The number of ether oxygens (including phenoxy) is 3. The van der Waals surface area contributed by atoms with Gasteiger partial charge in [-0.25, -0.2) is 4.39 Å². The number of hydrogen-bond donors (Lipinski definition) is 0. The molecule has 8 nitrogen and oxygen atoms in total.